The number of halogens is 1. The van der Waals surface area contributed by atoms with Gasteiger partial charge in [-0.15, -0.1) is 0 Å². The molecule has 3 aliphatic rings. The molecule has 164 valence electrons. The number of allylic oxidation sites excluding steroid dienone is 2. The number of amides is 2. The quantitative estimate of drug-likeness (QED) is 0.328. The number of carbonyl (C=O) groups excluding carboxylic acids is 2. The van der Waals surface area contributed by atoms with Crippen molar-refractivity contribution in [1.82, 2.24) is 5.01 Å². The highest BCUT2D eigenvalue weighted by atomic mass is 19.1. The number of carbonyl (C=O) groups is 2. The highest BCUT2D eigenvalue weighted by Crippen LogP contribution is 2.52. The van der Waals surface area contributed by atoms with Crippen molar-refractivity contribution in [2.75, 3.05) is 0 Å². The van der Waals surface area contributed by atoms with Crippen LogP contribution in [0.3, 0.4) is 0 Å². The summed E-state index contributed by atoms with van der Waals surface area (Å²) < 4.78 is 20.0. The third-order valence-corrected chi connectivity index (χ3v) is 7.02. The summed E-state index contributed by atoms with van der Waals surface area (Å²) in [6.07, 6.45) is 6.51. The molecule has 1 saturated heterocycles. The van der Waals surface area contributed by atoms with Gasteiger partial charge in [-0.05, 0) is 41.2 Å². The van der Waals surface area contributed by atoms with Crippen LogP contribution in [0.5, 0.6) is 5.75 Å². The van der Waals surface area contributed by atoms with E-state index in [9.17, 15) is 14.0 Å². The monoisotopic (exact) mass is 440 g/mol. The highest BCUT2D eigenvalue weighted by molar-refractivity contribution is 6.08. The normalized spacial score (nSPS) is 25.5. The van der Waals surface area contributed by atoms with Crippen molar-refractivity contribution in [3.05, 3.63) is 89.8 Å². The number of hydrogen-bond donors (Lipinski definition) is 0. The summed E-state index contributed by atoms with van der Waals surface area (Å²) in [5.41, 5.74) is 1.08. The zero-order chi connectivity index (χ0) is 22.5. The molecular formula is C27H21FN2O3. The summed E-state index contributed by atoms with van der Waals surface area (Å²) in [4.78, 5) is 26.0. The molecule has 6 heteroatoms. The van der Waals surface area contributed by atoms with E-state index in [2.05, 4.69) is 17.3 Å². The first-order valence-electron chi connectivity index (χ1n) is 11.1. The minimum atomic E-state index is -0.337. The van der Waals surface area contributed by atoms with Crippen molar-refractivity contribution >= 4 is 28.8 Å². The molecule has 2 amide bonds. The van der Waals surface area contributed by atoms with Gasteiger partial charge in [0.05, 0.1) is 18.1 Å². The fourth-order valence-electron chi connectivity index (χ4n) is 5.42. The molecule has 33 heavy (non-hydrogen) atoms. The minimum absolute atomic E-state index is 0.0482. The Hall–Kier alpha value is -3.80. The summed E-state index contributed by atoms with van der Waals surface area (Å²) in [5, 5.41) is 7.21. The maximum Gasteiger partial charge on any atom is 0.254 e. The van der Waals surface area contributed by atoms with Gasteiger partial charge < -0.3 is 4.74 Å². The Morgan fingerprint density at radius 1 is 0.939 bits per heavy atom. The Bertz CT molecular complexity index is 1320. The Morgan fingerprint density at radius 3 is 2.39 bits per heavy atom. The van der Waals surface area contributed by atoms with E-state index in [0.29, 0.717) is 16.9 Å². The Morgan fingerprint density at radius 2 is 1.64 bits per heavy atom. The smallest absolute Gasteiger partial charge is 0.254 e. The molecule has 3 aromatic rings. The van der Waals surface area contributed by atoms with Gasteiger partial charge in [-0.25, -0.2) is 4.39 Å². The fraction of sp³-hybridized carbons (Fsp3) is 0.222. The van der Waals surface area contributed by atoms with Crippen molar-refractivity contribution in [2.45, 2.75) is 13.0 Å². The lowest BCUT2D eigenvalue weighted by Gasteiger charge is -2.14. The average Bonchev–Trinajstić information content (AvgIpc) is 3.52. The molecule has 2 aliphatic carbocycles. The van der Waals surface area contributed by atoms with Gasteiger partial charge >= 0.3 is 0 Å². The van der Waals surface area contributed by atoms with E-state index in [1.807, 2.05) is 30.3 Å². The van der Waals surface area contributed by atoms with E-state index in [-0.39, 0.29) is 47.9 Å². The number of rotatable bonds is 5. The van der Waals surface area contributed by atoms with Gasteiger partial charge in [0.25, 0.3) is 11.8 Å². The first-order chi connectivity index (χ1) is 16.1. The van der Waals surface area contributed by atoms with Crippen molar-refractivity contribution in [3.63, 3.8) is 0 Å². The molecule has 3 aromatic carbocycles. The van der Waals surface area contributed by atoms with Crippen molar-refractivity contribution in [2.24, 2.45) is 28.8 Å². The standard InChI is InChI=1S/C27H21FN2O3/c28-22-8-4-2-6-19(22)15-33-23-12-11-16-5-1-3-7-20(16)21(23)14-29-30-26(31)24-17-9-10-18(13-17)25(24)27(30)32/h1-12,14,17-18,24-25H,13,15H2/t17-,18-,24-,25+/m0/s1. The van der Waals surface area contributed by atoms with E-state index >= 15 is 0 Å². The Kier molecular flexibility index (Phi) is 4.61. The Balaban J connectivity index is 1.33. The van der Waals surface area contributed by atoms with E-state index in [1.165, 1.54) is 12.3 Å². The number of fused-ring (bicyclic) bond motifs is 6. The summed E-state index contributed by atoms with van der Waals surface area (Å²) in [7, 11) is 0. The average molecular weight is 440 g/mol. The lowest BCUT2D eigenvalue weighted by atomic mass is 9.85. The highest BCUT2D eigenvalue weighted by Gasteiger charge is 2.59. The topological polar surface area (TPSA) is 59.0 Å². The number of hydrazone groups is 1. The Labute approximate surface area is 190 Å². The molecule has 4 atom stereocenters. The van der Waals surface area contributed by atoms with Gasteiger partial charge in [-0.2, -0.15) is 10.1 Å². The minimum Gasteiger partial charge on any atom is -0.488 e. The molecule has 6 rings (SSSR count). The maximum atomic E-state index is 14.1. The summed E-state index contributed by atoms with van der Waals surface area (Å²) in [6, 6.07) is 17.9. The molecule has 0 spiro atoms. The van der Waals surface area contributed by atoms with Crippen molar-refractivity contribution < 1.29 is 18.7 Å². The molecule has 0 radical (unpaired) electrons. The van der Waals surface area contributed by atoms with Gasteiger partial charge in [0.1, 0.15) is 18.2 Å². The molecule has 1 aliphatic heterocycles. The second kappa shape index (κ2) is 7.66. The summed E-state index contributed by atoms with van der Waals surface area (Å²) >= 11 is 0. The van der Waals surface area contributed by atoms with Crippen molar-refractivity contribution in [1.29, 1.82) is 0 Å². The molecule has 0 unspecified atom stereocenters. The number of imide groups is 1. The van der Waals surface area contributed by atoms with Crippen LogP contribution in [-0.2, 0) is 16.2 Å². The van der Waals surface area contributed by atoms with Crippen LogP contribution < -0.4 is 4.74 Å². The SMILES string of the molecule is O=C1[C@@H]2[C@H](C(=O)N1N=Cc1c(OCc3ccccc3F)ccc3ccccc13)[C@H]1C=C[C@H]2C1. The first-order valence-corrected chi connectivity index (χ1v) is 11.1. The summed E-state index contributed by atoms with van der Waals surface area (Å²) in [5.74, 6) is -0.622. The van der Waals surface area contributed by atoms with Gasteiger partial charge in [0.2, 0.25) is 0 Å². The van der Waals surface area contributed by atoms with Gasteiger partial charge in [-0.3, -0.25) is 9.59 Å². The van der Waals surface area contributed by atoms with E-state index in [0.717, 1.165) is 22.2 Å². The van der Waals surface area contributed by atoms with E-state index in [1.54, 1.807) is 24.3 Å². The number of hydrogen-bond acceptors (Lipinski definition) is 4. The van der Waals surface area contributed by atoms with Crippen LogP contribution in [0.4, 0.5) is 4.39 Å². The number of nitrogens with zero attached hydrogens (tertiary/aromatic N) is 2. The molecular weight excluding hydrogens is 419 g/mol. The first kappa shape index (κ1) is 19.9. The van der Waals surface area contributed by atoms with Gasteiger partial charge in [-0.1, -0.05) is 60.7 Å². The molecule has 0 aromatic heterocycles. The van der Waals surface area contributed by atoms with Crippen LogP contribution in [0.15, 0.2) is 77.9 Å². The van der Waals surface area contributed by atoms with Crippen LogP contribution in [0, 0.1) is 29.5 Å². The molecule has 2 bridgehead atoms. The lowest BCUT2D eigenvalue weighted by molar-refractivity contribution is -0.140. The molecule has 0 N–H and O–H groups in total. The lowest BCUT2D eigenvalue weighted by Crippen LogP contribution is -2.28. The van der Waals surface area contributed by atoms with E-state index in [4.69, 9.17) is 4.74 Å². The van der Waals surface area contributed by atoms with Gasteiger partial charge in [0, 0.05) is 11.1 Å². The number of ether oxygens (including phenoxy) is 1. The van der Waals surface area contributed by atoms with Crippen LogP contribution in [0.25, 0.3) is 10.8 Å². The maximum absolute atomic E-state index is 14.1. The third kappa shape index (κ3) is 3.17. The van der Waals surface area contributed by atoms with Crippen LogP contribution >= 0.6 is 0 Å². The second-order valence-corrected chi connectivity index (χ2v) is 8.81. The zero-order valence-corrected chi connectivity index (χ0v) is 17.7. The predicted octanol–water partition coefficient (Wildman–Crippen LogP) is 4.70. The van der Waals surface area contributed by atoms with E-state index < -0.39 is 0 Å². The van der Waals surface area contributed by atoms with Crippen LogP contribution in [-0.4, -0.2) is 23.0 Å². The van der Waals surface area contributed by atoms with Crippen molar-refractivity contribution in [3.8, 4) is 5.75 Å². The van der Waals surface area contributed by atoms with Crippen LogP contribution in [0.2, 0.25) is 0 Å². The molecule has 1 heterocycles. The largest absolute Gasteiger partial charge is 0.488 e. The van der Waals surface area contributed by atoms with Gasteiger partial charge in [0.15, 0.2) is 0 Å². The second-order valence-electron chi connectivity index (χ2n) is 8.81. The summed E-state index contributed by atoms with van der Waals surface area (Å²) in [6.45, 7) is 0.0482. The fourth-order valence-corrected chi connectivity index (χ4v) is 5.42. The molecule has 1 saturated carbocycles. The number of benzene rings is 3. The molecule has 5 nitrogen and oxygen atoms in total. The third-order valence-electron chi connectivity index (χ3n) is 7.02. The van der Waals surface area contributed by atoms with Crippen LogP contribution in [0.1, 0.15) is 17.5 Å². The predicted molar refractivity (Wildman–Crippen MR) is 122 cm³/mol. The molecule has 2 fully saturated rings. The zero-order valence-electron chi connectivity index (χ0n) is 17.7.